The van der Waals surface area contributed by atoms with Crippen LogP contribution in [-0.2, 0) is 43.5 Å². The quantitative estimate of drug-likeness (QED) is 0.413. The fourth-order valence-electron chi connectivity index (χ4n) is 0. The number of hydrogen-bond donors (Lipinski definition) is 0. The van der Waals surface area contributed by atoms with Crippen LogP contribution in [0.25, 0.3) is 0 Å². The van der Waals surface area contributed by atoms with Crippen molar-refractivity contribution in [2.24, 2.45) is 0 Å². The maximum absolute atomic E-state index is 8.25. The Labute approximate surface area is 62.0 Å². The molecule has 0 saturated carbocycles. The molecule has 0 radical (unpaired) electrons. The number of hydrogen-bond acceptors (Lipinski definition) is 2. The van der Waals surface area contributed by atoms with Crippen LogP contribution in [-0.4, -0.2) is 18.9 Å². The molecule has 0 aromatic heterocycles. The second-order valence-electron chi connectivity index (χ2n) is 0. The molecule has 2 nitrogen and oxygen atoms in total. The van der Waals surface area contributed by atoms with Crippen molar-refractivity contribution in [1.82, 2.24) is 0 Å². The third-order valence-electron chi connectivity index (χ3n) is 0. The molecule has 5 heteroatoms. The van der Waals surface area contributed by atoms with Crippen molar-refractivity contribution in [2.45, 2.75) is 0 Å². The Morgan fingerprint density at radius 2 is 1.20 bits per heavy atom. The van der Waals surface area contributed by atoms with Crippen molar-refractivity contribution in [3.8, 4) is 0 Å². The van der Waals surface area contributed by atoms with E-state index < -0.39 is 0 Å². The molecule has 0 spiro atoms. The molecule has 0 aromatic carbocycles. The van der Waals surface area contributed by atoms with Crippen LogP contribution in [0.2, 0.25) is 0 Å². The number of rotatable bonds is 0. The Hall–Kier alpha value is 1.43. The Kier molecular flexibility index (Phi) is 168. The summed E-state index contributed by atoms with van der Waals surface area (Å²) in [7, 11) is 0. The minimum absolute atomic E-state index is 0. The third-order valence-corrected chi connectivity index (χ3v) is 0. The molecular weight excluding hydrogens is 143 g/mol. The molecule has 0 saturated heterocycles. The average Bonchev–Trinajstić information content (AvgIpc) is 1.50. The van der Waals surface area contributed by atoms with E-state index in [2.05, 4.69) is 0 Å². The van der Waals surface area contributed by atoms with Crippen molar-refractivity contribution in [1.29, 1.82) is 0 Å². The summed E-state index contributed by atoms with van der Waals surface area (Å²) in [6, 6.07) is 0. The summed E-state index contributed by atoms with van der Waals surface area (Å²) in [5.74, 6) is 0. The Morgan fingerprint density at radius 3 is 1.20 bits per heavy atom. The predicted octanol–water partition coefficient (Wildman–Crippen LogP) is -0.891. The van der Waals surface area contributed by atoms with Gasteiger partial charge < -0.3 is 0 Å². The van der Waals surface area contributed by atoms with Crippen LogP contribution in [0, 0.1) is 0 Å². The first-order valence-corrected chi connectivity index (χ1v) is 1.44. The second kappa shape index (κ2) is 52.1. The van der Waals surface area contributed by atoms with E-state index in [1.807, 2.05) is 15.9 Å². The zero-order chi connectivity index (χ0) is 4.00. The summed E-state index contributed by atoms with van der Waals surface area (Å²) in [6.45, 7) is 0. The Morgan fingerprint density at radius 1 is 1.20 bits per heavy atom. The van der Waals surface area contributed by atoms with Crippen molar-refractivity contribution < 1.29 is 43.5 Å². The SMILES string of the molecule is [LiH].[O]=[Fe].[O]=[Ti]. The fraction of sp³-hybridized carbons (Fsp3) is 0. The molecule has 26 valence electrons. The van der Waals surface area contributed by atoms with Crippen LogP contribution < -0.4 is 0 Å². The minimum atomic E-state index is 0. The van der Waals surface area contributed by atoms with E-state index in [9.17, 15) is 0 Å². The van der Waals surface area contributed by atoms with E-state index in [1.165, 1.54) is 0 Å². The normalized spacial score (nSPS) is 1.60. The molecule has 0 aromatic rings. The standard InChI is InChI=1S/Fe.Li.2O.Ti.H. The molecule has 0 aliphatic carbocycles. The van der Waals surface area contributed by atoms with Gasteiger partial charge in [-0.15, -0.1) is 0 Å². The molecule has 0 unspecified atom stereocenters. The van der Waals surface area contributed by atoms with Crippen molar-refractivity contribution in [2.75, 3.05) is 0 Å². The topological polar surface area (TPSA) is 34.1 Å². The van der Waals surface area contributed by atoms with Crippen LogP contribution in [0.5, 0.6) is 0 Å². The molecule has 5 heavy (non-hydrogen) atoms. The first kappa shape index (κ1) is 16.1. The van der Waals surface area contributed by atoms with E-state index in [1.54, 1.807) is 0 Å². The molecule has 0 heterocycles. The van der Waals surface area contributed by atoms with Crippen LogP contribution >= 0.6 is 0 Å². The molecular formula is HFeLiO2Ti. The zero-order valence-corrected chi connectivity index (χ0v) is 4.34. The Balaban J connectivity index is -0.0000000133. The van der Waals surface area contributed by atoms with Gasteiger partial charge in [0.05, 0.1) is 0 Å². The monoisotopic (exact) mass is 144 g/mol. The summed E-state index contributed by atoms with van der Waals surface area (Å²) in [6.07, 6.45) is 0. The van der Waals surface area contributed by atoms with Crippen LogP contribution in [0.1, 0.15) is 0 Å². The first-order chi connectivity index (χ1) is 2.00. The molecule has 0 bridgehead atoms. The molecule has 0 atom stereocenters. The predicted molar refractivity (Wildman–Crippen MR) is 8.52 cm³/mol. The van der Waals surface area contributed by atoms with Crippen LogP contribution in [0.3, 0.4) is 0 Å². The molecule has 0 fully saturated rings. The van der Waals surface area contributed by atoms with Gasteiger partial charge in [-0.05, 0) is 0 Å². The van der Waals surface area contributed by atoms with Crippen molar-refractivity contribution in [3.63, 3.8) is 0 Å². The van der Waals surface area contributed by atoms with Gasteiger partial charge in [0.1, 0.15) is 0 Å². The summed E-state index contributed by atoms with van der Waals surface area (Å²) in [5.41, 5.74) is 0. The Bertz CT molecular complexity index is 11.6. The third kappa shape index (κ3) is 31.2. The second-order valence-corrected chi connectivity index (χ2v) is 0. The zero-order valence-electron chi connectivity index (χ0n) is 1.67. The van der Waals surface area contributed by atoms with E-state index in [0.717, 1.165) is 20.4 Å². The van der Waals surface area contributed by atoms with E-state index >= 15 is 0 Å². The molecule has 0 amide bonds. The van der Waals surface area contributed by atoms with E-state index in [4.69, 9.17) is 7.16 Å². The summed E-state index contributed by atoms with van der Waals surface area (Å²) in [5, 5.41) is 0. The fourth-order valence-corrected chi connectivity index (χ4v) is 0. The average molecular weight is 144 g/mol. The molecule has 0 rings (SSSR count). The van der Waals surface area contributed by atoms with Gasteiger partial charge in [0, 0.05) is 0 Å². The van der Waals surface area contributed by atoms with Crippen molar-refractivity contribution in [3.05, 3.63) is 0 Å². The van der Waals surface area contributed by atoms with Gasteiger partial charge in [-0.3, -0.25) is 0 Å². The van der Waals surface area contributed by atoms with E-state index in [0.29, 0.717) is 0 Å². The maximum atomic E-state index is 8.25. The van der Waals surface area contributed by atoms with Gasteiger partial charge in [-0.1, -0.05) is 0 Å². The molecule has 0 aliphatic heterocycles. The molecule has 0 N–H and O–H groups in total. The van der Waals surface area contributed by atoms with Gasteiger partial charge in [-0.25, -0.2) is 0 Å². The summed E-state index contributed by atoms with van der Waals surface area (Å²) >= 11 is 2.75. The van der Waals surface area contributed by atoms with E-state index in [-0.39, 0.29) is 18.9 Å². The first-order valence-electron chi connectivity index (χ1n) is 0.348. The molecule has 0 aliphatic rings. The summed E-state index contributed by atoms with van der Waals surface area (Å²) < 4.78 is 16.2. The van der Waals surface area contributed by atoms with Crippen LogP contribution in [0.4, 0.5) is 0 Å². The van der Waals surface area contributed by atoms with Gasteiger partial charge in [0.25, 0.3) is 0 Å². The van der Waals surface area contributed by atoms with Gasteiger partial charge in [0.2, 0.25) is 0 Å². The van der Waals surface area contributed by atoms with Gasteiger partial charge in [-0.2, -0.15) is 0 Å². The van der Waals surface area contributed by atoms with Gasteiger partial charge in [0.15, 0.2) is 0 Å². The summed E-state index contributed by atoms with van der Waals surface area (Å²) in [4.78, 5) is 0. The van der Waals surface area contributed by atoms with Crippen molar-refractivity contribution >= 4 is 18.9 Å². The van der Waals surface area contributed by atoms with Gasteiger partial charge >= 0.3 is 62.4 Å². The van der Waals surface area contributed by atoms with Crippen LogP contribution in [0.15, 0.2) is 0 Å².